The van der Waals surface area contributed by atoms with Crippen molar-refractivity contribution in [3.05, 3.63) is 0 Å². The third-order valence-electron chi connectivity index (χ3n) is 3.96. The lowest BCUT2D eigenvalue weighted by Gasteiger charge is -2.21. The molecule has 18 heavy (non-hydrogen) atoms. The van der Waals surface area contributed by atoms with Gasteiger partial charge < -0.3 is 10.2 Å². The lowest BCUT2D eigenvalue weighted by molar-refractivity contribution is -0.138. The topological polar surface area (TPSA) is 52.7 Å². The van der Waals surface area contributed by atoms with Crippen LogP contribution >= 0.6 is 0 Å². The first-order valence-corrected chi connectivity index (χ1v) is 6.91. The number of hydrogen-bond donors (Lipinski definition) is 1. The molecule has 2 atom stereocenters. The summed E-state index contributed by atoms with van der Waals surface area (Å²) in [5.41, 5.74) is 0. The van der Waals surface area contributed by atoms with E-state index in [0.29, 0.717) is 19.0 Å². The minimum Gasteiger partial charge on any atom is -0.304 e. The molecule has 0 aliphatic carbocycles. The van der Waals surface area contributed by atoms with Gasteiger partial charge in [-0.1, -0.05) is 6.92 Å². The van der Waals surface area contributed by atoms with Gasteiger partial charge in [-0.3, -0.25) is 14.5 Å². The van der Waals surface area contributed by atoms with Gasteiger partial charge in [0.1, 0.15) is 0 Å². The molecule has 2 aliphatic heterocycles. The Morgan fingerprint density at radius 3 is 2.78 bits per heavy atom. The van der Waals surface area contributed by atoms with Gasteiger partial charge in [0.15, 0.2) is 0 Å². The maximum Gasteiger partial charge on any atom is 0.246 e. The summed E-state index contributed by atoms with van der Waals surface area (Å²) in [6.45, 7) is 4.47. The van der Waals surface area contributed by atoms with Gasteiger partial charge in [-0.05, 0) is 32.9 Å². The van der Waals surface area contributed by atoms with E-state index in [1.54, 1.807) is 0 Å². The van der Waals surface area contributed by atoms with Crippen molar-refractivity contribution in [1.82, 2.24) is 15.1 Å². The third-order valence-corrected chi connectivity index (χ3v) is 3.96. The SMILES string of the molecule is CCCN1C(=O)CC(NCC2CCCN2C)C1=O. The molecule has 2 saturated heterocycles. The number of likely N-dealkylation sites (N-methyl/N-ethyl adjacent to an activating group) is 1. The molecule has 0 aromatic heterocycles. The third kappa shape index (κ3) is 2.72. The Morgan fingerprint density at radius 2 is 2.17 bits per heavy atom. The van der Waals surface area contributed by atoms with Crippen LogP contribution in [0.4, 0.5) is 0 Å². The average Bonchev–Trinajstić information content (AvgIpc) is 2.86. The number of nitrogens with zero attached hydrogens (tertiary/aromatic N) is 2. The summed E-state index contributed by atoms with van der Waals surface area (Å²) in [5.74, 6) is -0.0679. The zero-order valence-corrected chi connectivity index (χ0v) is 11.3. The number of rotatable bonds is 5. The molecule has 5 heteroatoms. The van der Waals surface area contributed by atoms with Gasteiger partial charge in [-0.25, -0.2) is 0 Å². The number of likely N-dealkylation sites (tertiary alicyclic amines) is 2. The standard InChI is InChI=1S/C13H23N3O2/c1-3-6-16-12(17)8-11(13(16)18)14-9-10-5-4-7-15(10)2/h10-11,14H,3-9H2,1-2H3. The summed E-state index contributed by atoms with van der Waals surface area (Å²) in [7, 11) is 2.12. The summed E-state index contributed by atoms with van der Waals surface area (Å²) in [4.78, 5) is 27.4. The first-order chi connectivity index (χ1) is 8.63. The highest BCUT2D eigenvalue weighted by Gasteiger charge is 2.38. The van der Waals surface area contributed by atoms with Crippen LogP contribution in [0.1, 0.15) is 32.6 Å². The molecule has 0 aromatic carbocycles. The van der Waals surface area contributed by atoms with E-state index in [4.69, 9.17) is 0 Å². The van der Waals surface area contributed by atoms with E-state index in [2.05, 4.69) is 17.3 Å². The Morgan fingerprint density at radius 1 is 1.39 bits per heavy atom. The van der Waals surface area contributed by atoms with Gasteiger partial charge in [0, 0.05) is 19.1 Å². The highest BCUT2D eigenvalue weighted by Crippen LogP contribution is 2.16. The summed E-state index contributed by atoms with van der Waals surface area (Å²) in [5, 5.41) is 3.27. The molecule has 2 aliphatic rings. The molecule has 2 fully saturated rings. The highest BCUT2D eigenvalue weighted by atomic mass is 16.2. The molecule has 0 bridgehead atoms. The van der Waals surface area contributed by atoms with Crippen molar-refractivity contribution >= 4 is 11.8 Å². The lowest BCUT2D eigenvalue weighted by Crippen LogP contribution is -2.44. The second-order valence-electron chi connectivity index (χ2n) is 5.33. The van der Waals surface area contributed by atoms with E-state index in [9.17, 15) is 9.59 Å². The van der Waals surface area contributed by atoms with Crippen LogP contribution in [0.15, 0.2) is 0 Å². The summed E-state index contributed by atoms with van der Waals surface area (Å²) in [6.07, 6.45) is 3.56. The van der Waals surface area contributed by atoms with Crippen LogP contribution in [0.25, 0.3) is 0 Å². The van der Waals surface area contributed by atoms with Gasteiger partial charge in [-0.15, -0.1) is 0 Å². The minimum atomic E-state index is -0.293. The molecule has 0 saturated carbocycles. The summed E-state index contributed by atoms with van der Waals surface area (Å²) in [6, 6.07) is 0.214. The molecule has 1 N–H and O–H groups in total. The van der Waals surface area contributed by atoms with E-state index in [0.717, 1.165) is 19.5 Å². The fourth-order valence-electron chi connectivity index (χ4n) is 2.82. The van der Waals surface area contributed by atoms with Gasteiger partial charge in [0.25, 0.3) is 0 Å². The van der Waals surface area contributed by atoms with Gasteiger partial charge in [0.2, 0.25) is 11.8 Å². The van der Waals surface area contributed by atoms with E-state index >= 15 is 0 Å². The quantitative estimate of drug-likeness (QED) is 0.712. The number of nitrogens with one attached hydrogen (secondary N) is 1. The number of hydrogen-bond acceptors (Lipinski definition) is 4. The predicted octanol–water partition coefficient (Wildman–Crippen LogP) is 0.208. The molecule has 0 spiro atoms. The normalized spacial score (nSPS) is 29.6. The van der Waals surface area contributed by atoms with Crippen LogP contribution in [0.5, 0.6) is 0 Å². The first-order valence-electron chi connectivity index (χ1n) is 6.91. The van der Waals surface area contributed by atoms with Crippen LogP contribution in [-0.2, 0) is 9.59 Å². The molecular weight excluding hydrogens is 230 g/mol. The predicted molar refractivity (Wildman–Crippen MR) is 69.1 cm³/mol. The van der Waals surface area contributed by atoms with E-state index in [-0.39, 0.29) is 17.9 Å². The molecule has 2 rings (SSSR count). The Balaban J connectivity index is 1.83. The molecule has 2 heterocycles. The van der Waals surface area contributed by atoms with Crippen molar-refractivity contribution in [3.8, 4) is 0 Å². The van der Waals surface area contributed by atoms with Gasteiger partial charge >= 0.3 is 0 Å². The summed E-state index contributed by atoms with van der Waals surface area (Å²) < 4.78 is 0. The second-order valence-corrected chi connectivity index (χ2v) is 5.33. The van der Waals surface area contributed by atoms with Crippen molar-refractivity contribution in [2.75, 3.05) is 26.7 Å². The largest absolute Gasteiger partial charge is 0.304 e. The Bertz CT molecular complexity index is 332. The monoisotopic (exact) mass is 253 g/mol. The van der Waals surface area contributed by atoms with E-state index < -0.39 is 0 Å². The Labute approximate surface area is 108 Å². The molecule has 102 valence electrons. The average molecular weight is 253 g/mol. The van der Waals surface area contributed by atoms with Crippen LogP contribution in [-0.4, -0.2) is 60.4 Å². The molecular formula is C13H23N3O2. The Hall–Kier alpha value is -0.940. The van der Waals surface area contributed by atoms with Crippen molar-refractivity contribution < 1.29 is 9.59 Å². The van der Waals surface area contributed by atoms with Crippen molar-refractivity contribution in [2.45, 2.75) is 44.7 Å². The zero-order valence-electron chi connectivity index (χ0n) is 11.3. The van der Waals surface area contributed by atoms with Crippen LogP contribution < -0.4 is 5.32 Å². The number of amides is 2. The number of imide groups is 1. The first kappa shape index (κ1) is 13.5. The fraction of sp³-hybridized carbons (Fsp3) is 0.846. The zero-order chi connectivity index (χ0) is 13.1. The molecule has 5 nitrogen and oxygen atoms in total. The fourth-order valence-corrected chi connectivity index (χ4v) is 2.82. The Kier molecular flexibility index (Phi) is 4.35. The molecule has 2 amide bonds. The van der Waals surface area contributed by atoms with Crippen LogP contribution in [0.3, 0.4) is 0 Å². The van der Waals surface area contributed by atoms with E-state index in [1.807, 2.05) is 6.92 Å². The maximum absolute atomic E-state index is 12.0. The molecule has 0 radical (unpaired) electrons. The van der Waals surface area contributed by atoms with Crippen molar-refractivity contribution in [1.29, 1.82) is 0 Å². The number of carbonyl (C=O) groups is 2. The van der Waals surface area contributed by atoms with Crippen molar-refractivity contribution in [2.24, 2.45) is 0 Å². The highest BCUT2D eigenvalue weighted by molar-refractivity contribution is 6.05. The van der Waals surface area contributed by atoms with Gasteiger partial charge in [-0.2, -0.15) is 0 Å². The molecule has 0 aromatic rings. The van der Waals surface area contributed by atoms with Crippen LogP contribution in [0, 0.1) is 0 Å². The van der Waals surface area contributed by atoms with Gasteiger partial charge in [0.05, 0.1) is 12.5 Å². The molecule has 2 unspecified atom stereocenters. The lowest BCUT2D eigenvalue weighted by atomic mass is 10.2. The van der Waals surface area contributed by atoms with Crippen molar-refractivity contribution in [3.63, 3.8) is 0 Å². The minimum absolute atomic E-state index is 0.0286. The summed E-state index contributed by atoms with van der Waals surface area (Å²) >= 11 is 0. The van der Waals surface area contributed by atoms with Crippen LogP contribution in [0.2, 0.25) is 0 Å². The van der Waals surface area contributed by atoms with E-state index in [1.165, 1.54) is 17.7 Å². The smallest absolute Gasteiger partial charge is 0.246 e. The number of carbonyl (C=O) groups excluding carboxylic acids is 2. The maximum atomic E-state index is 12.0. The second kappa shape index (κ2) is 5.80.